The molecule has 0 spiro atoms. The fourth-order valence-electron chi connectivity index (χ4n) is 1.53. The van der Waals surface area contributed by atoms with Crippen LogP contribution in [0, 0.1) is 0 Å². The van der Waals surface area contributed by atoms with Gasteiger partial charge in [-0.15, -0.1) is 5.10 Å². The third kappa shape index (κ3) is 3.24. The summed E-state index contributed by atoms with van der Waals surface area (Å²) >= 11 is 1.30. The Hall–Kier alpha value is -1.01. The molecule has 0 aliphatic carbocycles. The van der Waals surface area contributed by atoms with Gasteiger partial charge in [-0.2, -0.15) is 0 Å². The van der Waals surface area contributed by atoms with Crippen molar-refractivity contribution in [2.75, 3.05) is 7.11 Å². The predicted molar refractivity (Wildman–Crippen MR) is 62.1 cm³/mol. The largest absolute Gasteiger partial charge is 0.468 e. The molecule has 0 saturated carbocycles. The van der Waals surface area contributed by atoms with Crippen LogP contribution in [0.15, 0.2) is 5.38 Å². The molecular weight excluding hydrogens is 226 g/mol. The summed E-state index contributed by atoms with van der Waals surface area (Å²) in [5, 5.41) is 8.96. The van der Waals surface area contributed by atoms with Gasteiger partial charge in [0.1, 0.15) is 5.54 Å². The molecule has 0 saturated heterocycles. The first-order chi connectivity index (χ1) is 7.62. The molecule has 5 nitrogen and oxygen atoms in total. The summed E-state index contributed by atoms with van der Waals surface area (Å²) in [5.74, 6) is -0.238. The lowest BCUT2D eigenvalue weighted by atomic mass is 9.96. The van der Waals surface area contributed by atoms with Crippen molar-refractivity contribution in [2.45, 2.75) is 38.8 Å². The number of carbonyl (C=O) groups is 1. The van der Waals surface area contributed by atoms with Crippen LogP contribution in [0.1, 0.15) is 32.4 Å². The monoisotopic (exact) mass is 243 g/mol. The number of carbonyl (C=O) groups excluding carboxylic acids is 1. The lowest BCUT2D eigenvalue weighted by Crippen LogP contribution is -2.49. The summed E-state index contributed by atoms with van der Waals surface area (Å²) < 4.78 is 8.57. The molecule has 1 atom stereocenters. The highest BCUT2D eigenvalue weighted by Crippen LogP contribution is 2.15. The lowest BCUT2D eigenvalue weighted by Gasteiger charge is -2.27. The van der Waals surface area contributed by atoms with E-state index in [-0.39, 0.29) is 5.97 Å². The molecule has 1 aromatic heterocycles. The number of nitrogens with zero attached hydrogens (tertiary/aromatic N) is 2. The van der Waals surface area contributed by atoms with Crippen molar-refractivity contribution in [2.24, 2.45) is 0 Å². The molecule has 1 rings (SSSR count). The standard InChI is InChI=1S/C10H17N3O2S/c1-4-5-10(2,9(14)15-3)11-6-8-7-16-13-12-8/h7,11H,4-6H2,1-3H3. The third-order valence-corrected chi connectivity index (χ3v) is 3.00. The Morgan fingerprint density at radius 3 is 2.94 bits per heavy atom. The Morgan fingerprint density at radius 1 is 1.69 bits per heavy atom. The van der Waals surface area contributed by atoms with Gasteiger partial charge in [0.25, 0.3) is 0 Å². The molecule has 0 aromatic carbocycles. The van der Waals surface area contributed by atoms with Crippen LogP contribution < -0.4 is 5.32 Å². The Morgan fingerprint density at radius 2 is 2.44 bits per heavy atom. The molecule has 0 radical (unpaired) electrons. The van der Waals surface area contributed by atoms with Gasteiger partial charge in [-0.3, -0.25) is 10.1 Å². The molecule has 6 heteroatoms. The van der Waals surface area contributed by atoms with Crippen LogP contribution in [0.5, 0.6) is 0 Å². The maximum Gasteiger partial charge on any atom is 0.325 e. The van der Waals surface area contributed by atoms with E-state index in [1.807, 2.05) is 19.2 Å². The molecule has 1 heterocycles. The SMILES string of the molecule is CCCC(C)(NCc1csnn1)C(=O)OC. The van der Waals surface area contributed by atoms with Crippen molar-refractivity contribution in [1.82, 2.24) is 14.9 Å². The lowest BCUT2D eigenvalue weighted by molar-refractivity contribution is -0.148. The summed E-state index contributed by atoms with van der Waals surface area (Å²) in [6, 6.07) is 0. The van der Waals surface area contributed by atoms with Crippen molar-refractivity contribution in [3.8, 4) is 0 Å². The normalized spacial score (nSPS) is 14.4. The van der Waals surface area contributed by atoms with Crippen LogP contribution >= 0.6 is 11.5 Å². The van der Waals surface area contributed by atoms with E-state index in [4.69, 9.17) is 4.74 Å². The smallest absolute Gasteiger partial charge is 0.325 e. The van der Waals surface area contributed by atoms with Crippen molar-refractivity contribution in [3.05, 3.63) is 11.1 Å². The second kappa shape index (κ2) is 5.91. The number of rotatable bonds is 6. The molecule has 1 N–H and O–H groups in total. The molecule has 90 valence electrons. The minimum absolute atomic E-state index is 0.238. The molecule has 0 aliphatic heterocycles. The maximum atomic E-state index is 11.7. The van der Waals surface area contributed by atoms with Crippen molar-refractivity contribution < 1.29 is 9.53 Å². The van der Waals surface area contributed by atoms with Crippen molar-refractivity contribution in [3.63, 3.8) is 0 Å². The molecule has 1 unspecified atom stereocenters. The minimum atomic E-state index is -0.646. The van der Waals surface area contributed by atoms with Gasteiger partial charge < -0.3 is 4.74 Å². The van der Waals surface area contributed by atoms with Crippen LogP contribution in [-0.4, -0.2) is 28.2 Å². The van der Waals surface area contributed by atoms with Crippen molar-refractivity contribution in [1.29, 1.82) is 0 Å². The van der Waals surface area contributed by atoms with E-state index in [0.29, 0.717) is 6.54 Å². The molecule has 0 aliphatic rings. The van der Waals surface area contributed by atoms with Gasteiger partial charge in [0, 0.05) is 11.9 Å². The number of hydrogen-bond acceptors (Lipinski definition) is 6. The molecule has 1 aromatic rings. The second-order valence-electron chi connectivity index (χ2n) is 3.82. The number of nitrogens with one attached hydrogen (secondary N) is 1. The van der Waals surface area contributed by atoms with Gasteiger partial charge >= 0.3 is 5.97 Å². The van der Waals surface area contributed by atoms with Crippen LogP contribution in [0.2, 0.25) is 0 Å². The van der Waals surface area contributed by atoms with E-state index in [1.165, 1.54) is 18.6 Å². The van der Waals surface area contributed by atoms with Crippen LogP contribution in [0.3, 0.4) is 0 Å². The number of esters is 1. The number of ether oxygens (including phenoxy) is 1. The molecule has 0 amide bonds. The van der Waals surface area contributed by atoms with Gasteiger partial charge in [0.15, 0.2) is 0 Å². The molecule has 0 bridgehead atoms. The number of hydrogen-bond donors (Lipinski definition) is 1. The molecule has 16 heavy (non-hydrogen) atoms. The van der Waals surface area contributed by atoms with E-state index in [9.17, 15) is 4.79 Å². The van der Waals surface area contributed by atoms with Crippen LogP contribution in [-0.2, 0) is 16.1 Å². The first kappa shape index (κ1) is 13.1. The second-order valence-corrected chi connectivity index (χ2v) is 4.43. The van der Waals surface area contributed by atoms with Gasteiger partial charge in [0.05, 0.1) is 12.8 Å². The Kier molecular flexibility index (Phi) is 4.82. The maximum absolute atomic E-state index is 11.7. The summed E-state index contributed by atoms with van der Waals surface area (Å²) in [4.78, 5) is 11.7. The van der Waals surface area contributed by atoms with Gasteiger partial charge in [-0.05, 0) is 24.9 Å². The highest BCUT2D eigenvalue weighted by Gasteiger charge is 2.32. The molecular formula is C10H17N3O2S. The Labute approximate surface area is 99.4 Å². The Balaban J connectivity index is 2.60. The van der Waals surface area contributed by atoms with E-state index >= 15 is 0 Å². The van der Waals surface area contributed by atoms with Gasteiger partial charge in [-0.1, -0.05) is 17.8 Å². The van der Waals surface area contributed by atoms with Crippen molar-refractivity contribution >= 4 is 17.5 Å². The first-order valence-corrected chi connectivity index (χ1v) is 6.05. The summed E-state index contributed by atoms with van der Waals surface area (Å²) in [6.45, 7) is 4.41. The summed E-state index contributed by atoms with van der Waals surface area (Å²) in [5.41, 5.74) is 0.198. The zero-order valence-electron chi connectivity index (χ0n) is 9.82. The van der Waals surface area contributed by atoms with E-state index in [0.717, 1.165) is 18.5 Å². The number of methoxy groups -OCH3 is 1. The summed E-state index contributed by atoms with van der Waals surface area (Å²) in [7, 11) is 1.41. The average molecular weight is 243 g/mol. The van der Waals surface area contributed by atoms with Crippen LogP contribution in [0.25, 0.3) is 0 Å². The average Bonchev–Trinajstić information content (AvgIpc) is 2.78. The zero-order valence-corrected chi connectivity index (χ0v) is 10.6. The highest BCUT2D eigenvalue weighted by molar-refractivity contribution is 7.03. The summed E-state index contributed by atoms with van der Waals surface area (Å²) in [6.07, 6.45) is 1.64. The van der Waals surface area contributed by atoms with Crippen LogP contribution in [0.4, 0.5) is 0 Å². The van der Waals surface area contributed by atoms with E-state index in [1.54, 1.807) is 0 Å². The fraction of sp³-hybridized carbons (Fsp3) is 0.700. The highest BCUT2D eigenvalue weighted by atomic mass is 32.1. The van der Waals surface area contributed by atoms with Gasteiger partial charge in [0.2, 0.25) is 0 Å². The quantitative estimate of drug-likeness (QED) is 0.764. The topological polar surface area (TPSA) is 64.1 Å². The first-order valence-electron chi connectivity index (χ1n) is 5.21. The predicted octanol–water partition coefficient (Wildman–Crippen LogP) is 1.36. The van der Waals surface area contributed by atoms with Gasteiger partial charge in [-0.25, -0.2) is 0 Å². The molecule has 0 fully saturated rings. The third-order valence-electron chi connectivity index (χ3n) is 2.45. The number of aromatic nitrogens is 2. The zero-order chi connectivity index (χ0) is 12.0. The van der Waals surface area contributed by atoms with E-state index < -0.39 is 5.54 Å². The fourth-order valence-corrected chi connectivity index (χ4v) is 1.99. The van der Waals surface area contributed by atoms with E-state index in [2.05, 4.69) is 14.9 Å². The minimum Gasteiger partial charge on any atom is -0.468 e. The Bertz CT molecular complexity index is 329.